The van der Waals surface area contributed by atoms with Gasteiger partial charge in [0.05, 0.1) is 23.6 Å². The van der Waals surface area contributed by atoms with E-state index in [1.807, 2.05) is 0 Å². The largest absolute Gasteiger partial charge is 0.508 e. The molecule has 1 amide bonds. The van der Waals surface area contributed by atoms with Crippen molar-refractivity contribution in [1.82, 2.24) is 10.2 Å². The third kappa shape index (κ3) is 4.89. The Labute approximate surface area is 261 Å². The van der Waals surface area contributed by atoms with Gasteiger partial charge < -0.3 is 41.0 Å². The predicted molar refractivity (Wildman–Crippen MR) is 163 cm³/mol. The minimum atomic E-state index is -2.93. The number of fused-ring (bicyclic) bond motifs is 3. The minimum Gasteiger partial charge on any atom is -0.508 e. The van der Waals surface area contributed by atoms with Gasteiger partial charge in [-0.2, -0.15) is 0 Å². The number of aromatic hydroxyl groups is 1. The number of rotatable bonds is 8. The number of phenols is 1. The second-order valence-corrected chi connectivity index (χ2v) is 14.4. The number of nitrogens with one attached hydrogen (secondary N) is 1. The molecule has 5 rings (SSSR count). The van der Waals surface area contributed by atoms with E-state index in [2.05, 4.69) is 26.1 Å². The van der Waals surface area contributed by atoms with Crippen molar-refractivity contribution in [3.63, 3.8) is 0 Å². The first-order chi connectivity index (χ1) is 20.9. The number of hydrogen-bond acceptors (Lipinski definition) is 11. The summed E-state index contributed by atoms with van der Waals surface area (Å²) >= 11 is 0. The van der Waals surface area contributed by atoms with Gasteiger partial charge in [-0.05, 0) is 50.3 Å². The lowest BCUT2D eigenvalue weighted by molar-refractivity contribution is -0.211. The van der Waals surface area contributed by atoms with Crippen molar-refractivity contribution in [2.24, 2.45) is 23.0 Å². The Balaban J connectivity index is 1.75. The SMILES string of the molecule is C[C@H]1c2ccc(CNCC(C)(C)C)c(O)c2C(O)=C2C(=O)[C@]3(O)C(O)=C(C(N)=O)C(=O)[C@@H](N(C)C)[C@@H]3[C@@H](OC3(C=O)CCC3)[C@@H]21. The second kappa shape index (κ2) is 11.0. The molecule has 0 saturated heterocycles. The lowest BCUT2D eigenvalue weighted by atomic mass is 9.54. The number of likely N-dealkylation sites (N-methyl/N-ethyl adjacent to an activating group) is 1. The van der Waals surface area contributed by atoms with Gasteiger partial charge >= 0.3 is 0 Å². The van der Waals surface area contributed by atoms with Crippen LogP contribution in [0.3, 0.4) is 0 Å². The molecular weight excluding hydrogens is 582 g/mol. The summed E-state index contributed by atoms with van der Waals surface area (Å²) in [5.41, 5.74) is 0.946. The van der Waals surface area contributed by atoms with E-state index in [0.29, 0.717) is 43.2 Å². The number of phenolic OH excluding ortho intramolecular Hbond substituents is 1. The van der Waals surface area contributed by atoms with Crippen molar-refractivity contribution in [1.29, 1.82) is 0 Å². The molecule has 12 nitrogen and oxygen atoms in total. The Hall–Kier alpha value is -3.58. The molecule has 0 bridgehead atoms. The first-order valence-electron chi connectivity index (χ1n) is 15.3. The molecule has 0 aliphatic heterocycles. The van der Waals surface area contributed by atoms with Gasteiger partial charge in [-0.3, -0.25) is 19.3 Å². The van der Waals surface area contributed by atoms with Crippen molar-refractivity contribution < 1.29 is 44.3 Å². The molecule has 2 saturated carbocycles. The van der Waals surface area contributed by atoms with Crippen LogP contribution >= 0.6 is 0 Å². The van der Waals surface area contributed by atoms with E-state index < -0.39 is 75.7 Å². The van der Waals surface area contributed by atoms with Crippen molar-refractivity contribution in [3.8, 4) is 5.75 Å². The molecule has 0 spiro atoms. The van der Waals surface area contributed by atoms with Gasteiger partial charge in [0, 0.05) is 30.1 Å². The lowest BCUT2D eigenvalue weighted by Gasteiger charge is -2.57. The fourth-order valence-corrected chi connectivity index (χ4v) is 7.55. The maximum Gasteiger partial charge on any atom is 0.255 e. The molecular formula is C33H43N3O9. The zero-order valence-corrected chi connectivity index (χ0v) is 26.5. The summed E-state index contributed by atoms with van der Waals surface area (Å²) < 4.78 is 6.54. The molecule has 4 aliphatic rings. The van der Waals surface area contributed by atoms with Crippen LogP contribution < -0.4 is 11.1 Å². The van der Waals surface area contributed by atoms with Crippen molar-refractivity contribution in [3.05, 3.63) is 45.7 Å². The Morgan fingerprint density at radius 3 is 2.33 bits per heavy atom. The molecule has 244 valence electrons. The molecule has 12 heteroatoms. The number of carbonyl (C=O) groups excluding carboxylic acids is 4. The molecule has 4 aliphatic carbocycles. The second-order valence-electron chi connectivity index (χ2n) is 14.4. The molecule has 1 aromatic rings. The van der Waals surface area contributed by atoms with Crippen LogP contribution in [0.25, 0.3) is 5.76 Å². The predicted octanol–water partition coefficient (Wildman–Crippen LogP) is 1.78. The number of amides is 1. The topological polar surface area (TPSA) is 200 Å². The van der Waals surface area contributed by atoms with E-state index in [9.17, 15) is 39.6 Å². The zero-order chi connectivity index (χ0) is 33.4. The number of carbonyl (C=O) groups is 4. The maximum absolute atomic E-state index is 14.5. The Bertz CT molecular complexity index is 1530. The van der Waals surface area contributed by atoms with Crippen molar-refractivity contribution >= 4 is 29.5 Å². The Morgan fingerprint density at radius 1 is 1.18 bits per heavy atom. The minimum absolute atomic E-state index is 0.00124. The monoisotopic (exact) mass is 625 g/mol. The summed E-state index contributed by atoms with van der Waals surface area (Å²) in [6, 6.07) is 2.11. The van der Waals surface area contributed by atoms with E-state index in [1.54, 1.807) is 19.1 Å². The van der Waals surface area contributed by atoms with Crippen LogP contribution in [0.4, 0.5) is 0 Å². The normalized spacial score (nSPS) is 30.9. The van der Waals surface area contributed by atoms with Gasteiger partial charge in [-0.25, -0.2) is 0 Å². The van der Waals surface area contributed by atoms with E-state index in [-0.39, 0.29) is 28.8 Å². The molecule has 2 fully saturated rings. The average Bonchev–Trinajstić information content (AvgIpc) is 2.91. The highest BCUT2D eigenvalue weighted by Crippen LogP contribution is 2.58. The van der Waals surface area contributed by atoms with Crippen LogP contribution in [0.15, 0.2) is 29.0 Å². The number of primary amides is 1. The first kappa shape index (κ1) is 32.8. The standard InChI is InChI=1S/C33H43N3O9/c1-15-17-9-8-16(12-35-13-31(2,3)4)24(38)19(17)25(39)20-18(15)27(45-32(14-37)10-7-11-32)22-23(36(5)6)26(40)21(30(34)43)29(42)33(22,44)28(20)41/h8-9,14-15,18,22-23,27,35,38-39,42,44H,7,10-13H2,1-6H3,(H2,34,43)/t15-,18+,22+,23-,27-,33-/m0/s1. The molecule has 0 aromatic heterocycles. The number of aliphatic hydroxyl groups excluding tert-OH is 2. The van der Waals surface area contributed by atoms with Crippen LogP contribution in [-0.2, 0) is 30.5 Å². The third-order valence-electron chi connectivity index (χ3n) is 9.94. The van der Waals surface area contributed by atoms with Crippen LogP contribution in [0.2, 0.25) is 0 Å². The van der Waals surface area contributed by atoms with Gasteiger partial charge in [0.2, 0.25) is 5.78 Å². The van der Waals surface area contributed by atoms with Gasteiger partial charge in [0.25, 0.3) is 5.91 Å². The average molecular weight is 626 g/mol. The van der Waals surface area contributed by atoms with E-state index in [4.69, 9.17) is 10.5 Å². The highest BCUT2D eigenvalue weighted by atomic mass is 16.5. The van der Waals surface area contributed by atoms with Crippen molar-refractivity contribution in [2.75, 3.05) is 20.6 Å². The van der Waals surface area contributed by atoms with Gasteiger partial charge in [0.1, 0.15) is 28.4 Å². The maximum atomic E-state index is 14.5. The van der Waals surface area contributed by atoms with E-state index in [0.717, 1.165) is 0 Å². The fraction of sp³-hybridized carbons (Fsp3) is 0.576. The van der Waals surface area contributed by atoms with E-state index >= 15 is 0 Å². The van der Waals surface area contributed by atoms with E-state index in [1.165, 1.54) is 19.0 Å². The van der Waals surface area contributed by atoms with Crippen molar-refractivity contribution in [2.45, 2.75) is 82.8 Å². The molecule has 1 aromatic carbocycles. The van der Waals surface area contributed by atoms with Gasteiger partial charge in [-0.15, -0.1) is 0 Å². The number of ketones is 2. The van der Waals surface area contributed by atoms with Crippen LogP contribution in [0.1, 0.15) is 69.6 Å². The highest BCUT2D eigenvalue weighted by molar-refractivity contribution is 6.24. The number of aldehydes is 1. The summed E-state index contributed by atoms with van der Waals surface area (Å²) in [6.45, 7) is 8.85. The Kier molecular flexibility index (Phi) is 8.05. The number of ether oxygens (including phenoxy) is 1. The summed E-state index contributed by atoms with van der Waals surface area (Å²) in [5.74, 6) is -8.61. The number of Topliss-reactive ketones (excluding diaryl/α,β-unsaturated/α-hetero) is 2. The Morgan fingerprint density at radius 2 is 1.82 bits per heavy atom. The summed E-state index contributed by atoms with van der Waals surface area (Å²) in [4.78, 5) is 54.4. The fourth-order valence-electron chi connectivity index (χ4n) is 7.55. The van der Waals surface area contributed by atoms with Gasteiger partial charge in [0.15, 0.2) is 17.7 Å². The summed E-state index contributed by atoms with van der Waals surface area (Å²) in [7, 11) is 3.03. The summed E-state index contributed by atoms with van der Waals surface area (Å²) in [6.07, 6.45) is 0.787. The molecule has 45 heavy (non-hydrogen) atoms. The zero-order valence-electron chi connectivity index (χ0n) is 26.5. The highest BCUT2D eigenvalue weighted by Gasteiger charge is 2.69. The third-order valence-corrected chi connectivity index (χ3v) is 9.94. The van der Waals surface area contributed by atoms with Crippen LogP contribution in [-0.4, -0.2) is 93.1 Å². The van der Waals surface area contributed by atoms with Crippen LogP contribution in [0.5, 0.6) is 5.75 Å². The molecule has 0 radical (unpaired) electrons. The quantitative estimate of drug-likeness (QED) is 0.182. The number of nitrogens with zero attached hydrogens (tertiary/aromatic N) is 1. The first-order valence-corrected chi connectivity index (χ1v) is 15.3. The number of aliphatic hydroxyl groups is 3. The molecule has 0 heterocycles. The number of hydrogen-bond donors (Lipinski definition) is 6. The van der Waals surface area contributed by atoms with Gasteiger partial charge in [-0.1, -0.05) is 39.8 Å². The lowest BCUT2D eigenvalue weighted by Crippen LogP contribution is -2.72. The van der Waals surface area contributed by atoms with Crippen LogP contribution in [0, 0.1) is 17.3 Å². The molecule has 6 atom stereocenters. The number of benzene rings is 1. The molecule has 0 unspecified atom stereocenters. The summed E-state index contributed by atoms with van der Waals surface area (Å²) in [5, 5.41) is 50.2. The molecule has 7 N–H and O–H groups in total. The smallest absolute Gasteiger partial charge is 0.255 e. The number of nitrogens with two attached hydrogens (primary N) is 1.